The Bertz CT molecular complexity index is 876. The summed E-state index contributed by atoms with van der Waals surface area (Å²) in [5.41, 5.74) is -2.33. The van der Waals surface area contributed by atoms with Crippen LogP contribution < -0.4 is 4.74 Å². The molecule has 9 heteroatoms. The molecule has 1 aromatic heterocycles. The molecule has 25 heavy (non-hydrogen) atoms. The number of hydrogen-bond donors (Lipinski definition) is 1. The number of fused-ring (bicyclic) bond motifs is 1. The number of nitriles is 1. The van der Waals surface area contributed by atoms with Gasteiger partial charge in [-0.3, -0.25) is 0 Å². The monoisotopic (exact) mass is 356 g/mol. The second-order valence-corrected chi connectivity index (χ2v) is 5.42. The minimum Gasteiger partial charge on any atom is -0.455 e. The van der Waals surface area contributed by atoms with Crippen molar-refractivity contribution in [2.24, 2.45) is 0 Å². The third-order valence-corrected chi connectivity index (χ3v) is 3.72. The van der Waals surface area contributed by atoms with Crippen molar-refractivity contribution in [3.05, 3.63) is 52.6 Å². The first-order valence-corrected chi connectivity index (χ1v) is 7.00. The first kappa shape index (κ1) is 17.1. The standard InChI is InChI=1S/C16H9F5N2O2/c17-8-1-7(5-22)2-9(3-8)25-12-6-23-15(16(19,20)21)13-10(12)4-11(18)14(13)24/h1-3,6,11,14,24H,4H2/t11?,14-/m1/s1. The van der Waals surface area contributed by atoms with Gasteiger partial charge in [-0.1, -0.05) is 0 Å². The van der Waals surface area contributed by atoms with E-state index in [4.69, 9.17) is 10.00 Å². The van der Waals surface area contributed by atoms with E-state index in [0.29, 0.717) is 0 Å². The minimum atomic E-state index is -4.87. The van der Waals surface area contributed by atoms with Crippen LogP contribution in [0.2, 0.25) is 0 Å². The molecular weight excluding hydrogens is 347 g/mol. The number of pyridine rings is 1. The Morgan fingerprint density at radius 2 is 2.00 bits per heavy atom. The number of benzene rings is 1. The zero-order chi connectivity index (χ0) is 18.4. The Morgan fingerprint density at radius 1 is 1.28 bits per heavy atom. The molecule has 0 radical (unpaired) electrons. The van der Waals surface area contributed by atoms with Crippen molar-refractivity contribution in [1.82, 2.24) is 4.98 Å². The van der Waals surface area contributed by atoms with E-state index < -0.39 is 41.9 Å². The maximum absolute atomic E-state index is 13.8. The molecule has 1 unspecified atom stereocenters. The van der Waals surface area contributed by atoms with Crippen molar-refractivity contribution in [3.63, 3.8) is 0 Å². The van der Waals surface area contributed by atoms with E-state index in [1.54, 1.807) is 6.07 Å². The van der Waals surface area contributed by atoms with E-state index in [0.717, 1.165) is 18.3 Å². The number of hydrogen-bond acceptors (Lipinski definition) is 4. The van der Waals surface area contributed by atoms with Crippen LogP contribution in [0.1, 0.15) is 28.5 Å². The van der Waals surface area contributed by atoms with Crippen LogP contribution in [0.3, 0.4) is 0 Å². The lowest BCUT2D eigenvalue weighted by molar-refractivity contribution is -0.143. The van der Waals surface area contributed by atoms with Gasteiger partial charge in [0.2, 0.25) is 0 Å². The van der Waals surface area contributed by atoms with Gasteiger partial charge in [-0.15, -0.1) is 0 Å². The Kier molecular flexibility index (Phi) is 4.08. The average Bonchev–Trinajstić information content (AvgIpc) is 2.82. The van der Waals surface area contributed by atoms with E-state index in [1.165, 1.54) is 6.07 Å². The van der Waals surface area contributed by atoms with Crippen LogP contribution in [0.15, 0.2) is 24.4 Å². The molecule has 0 spiro atoms. The first-order valence-electron chi connectivity index (χ1n) is 7.00. The number of aliphatic hydroxyl groups is 1. The summed E-state index contributed by atoms with van der Waals surface area (Å²) in [6.07, 6.45) is -8.56. The minimum absolute atomic E-state index is 0.0603. The predicted molar refractivity (Wildman–Crippen MR) is 74.0 cm³/mol. The summed E-state index contributed by atoms with van der Waals surface area (Å²) in [6, 6.07) is 4.75. The predicted octanol–water partition coefficient (Wildman–Crippen LogP) is 3.83. The maximum Gasteiger partial charge on any atom is 0.433 e. The van der Waals surface area contributed by atoms with E-state index in [2.05, 4.69) is 4.98 Å². The maximum atomic E-state index is 13.8. The lowest BCUT2D eigenvalue weighted by Gasteiger charge is -2.16. The molecule has 0 saturated heterocycles. The molecule has 0 saturated carbocycles. The molecular formula is C16H9F5N2O2. The van der Waals surface area contributed by atoms with Gasteiger partial charge in [-0.05, 0) is 12.1 Å². The number of ether oxygens (including phenoxy) is 1. The molecule has 3 rings (SSSR count). The number of aliphatic hydroxyl groups excluding tert-OH is 1. The number of nitrogens with zero attached hydrogens (tertiary/aromatic N) is 2. The zero-order valence-corrected chi connectivity index (χ0v) is 12.3. The van der Waals surface area contributed by atoms with Crippen LogP contribution in [0.25, 0.3) is 0 Å². The first-order chi connectivity index (χ1) is 11.7. The normalized spacial score (nSPS) is 19.4. The Hall–Kier alpha value is -2.73. The van der Waals surface area contributed by atoms with Gasteiger partial charge in [0.15, 0.2) is 5.69 Å². The van der Waals surface area contributed by atoms with Gasteiger partial charge in [0.25, 0.3) is 0 Å². The van der Waals surface area contributed by atoms with Crippen LogP contribution in [0, 0.1) is 17.1 Å². The third kappa shape index (κ3) is 3.13. The molecule has 1 N–H and O–H groups in total. The molecule has 0 bridgehead atoms. The highest BCUT2D eigenvalue weighted by Gasteiger charge is 2.44. The van der Waals surface area contributed by atoms with Crippen molar-refractivity contribution >= 4 is 0 Å². The smallest absolute Gasteiger partial charge is 0.433 e. The molecule has 2 atom stereocenters. The highest BCUT2D eigenvalue weighted by atomic mass is 19.4. The summed E-state index contributed by atoms with van der Waals surface area (Å²) >= 11 is 0. The molecule has 1 aliphatic rings. The summed E-state index contributed by atoms with van der Waals surface area (Å²) in [7, 11) is 0. The van der Waals surface area contributed by atoms with Crippen molar-refractivity contribution < 1.29 is 31.8 Å². The van der Waals surface area contributed by atoms with Gasteiger partial charge >= 0.3 is 6.18 Å². The second kappa shape index (κ2) is 5.97. The molecule has 1 aliphatic carbocycles. The molecule has 130 valence electrons. The molecule has 1 aromatic carbocycles. The summed E-state index contributed by atoms with van der Waals surface area (Å²) in [6.45, 7) is 0. The van der Waals surface area contributed by atoms with E-state index in [1.807, 2.05) is 0 Å². The molecule has 0 fully saturated rings. The summed E-state index contributed by atoms with van der Waals surface area (Å²) < 4.78 is 71.6. The summed E-state index contributed by atoms with van der Waals surface area (Å²) in [5.74, 6) is -1.18. The van der Waals surface area contributed by atoms with E-state index in [-0.39, 0.29) is 22.6 Å². The van der Waals surface area contributed by atoms with Gasteiger partial charge in [0.1, 0.15) is 29.6 Å². The fourth-order valence-corrected chi connectivity index (χ4v) is 2.69. The lowest BCUT2D eigenvalue weighted by Crippen LogP contribution is -2.15. The van der Waals surface area contributed by atoms with Gasteiger partial charge in [0.05, 0.1) is 17.8 Å². The topological polar surface area (TPSA) is 66.1 Å². The number of aromatic nitrogens is 1. The Morgan fingerprint density at radius 3 is 2.64 bits per heavy atom. The SMILES string of the molecule is N#Cc1cc(F)cc(Oc2cnc(C(F)(F)F)c3c2CC(F)[C@H]3O)c1. The van der Waals surface area contributed by atoms with Gasteiger partial charge < -0.3 is 9.84 Å². The quantitative estimate of drug-likeness (QED) is 0.831. The van der Waals surface area contributed by atoms with Crippen LogP contribution in [-0.4, -0.2) is 16.3 Å². The van der Waals surface area contributed by atoms with Gasteiger partial charge in [-0.2, -0.15) is 18.4 Å². The third-order valence-electron chi connectivity index (χ3n) is 3.72. The van der Waals surface area contributed by atoms with Crippen LogP contribution in [0.4, 0.5) is 22.0 Å². The fourth-order valence-electron chi connectivity index (χ4n) is 2.69. The Balaban J connectivity index is 2.08. The lowest BCUT2D eigenvalue weighted by atomic mass is 10.1. The fraction of sp³-hybridized carbons (Fsp3) is 0.250. The summed E-state index contributed by atoms with van der Waals surface area (Å²) in [5, 5.41) is 18.5. The van der Waals surface area contributed by atoms with Gasteiger partial charge in [0, 0.05) is 23.6 Å². The second-order valence-electron chi connectivity index (χ2n) is 5.42. The highest BCUT2D eigenvalue weighted by molar-refractivity contribution is 5.49. The van der Waals surface area contributed by atoms with Crippen LogP contribution in [-0.2, 0) is 12.6 Å². The van der Waals surface area contributed by atoms with Crippen molar-refractivity contribution in [3.8, 4) is 17.6 Å². The molecule has 1 heterocycles. The number of halogens is 5. The van der Waals surface area contributed by atoms with E-state index >= 15 is 0 Å². The van der Waals surface area contributed by atoms with Crippen molar-refractivity contribution in [2.75, 3.05) is 0 Å². The average molecular weight is 356 g/mol. The van der Waals surface area contributed by atoms with Crippen LogP contribution >= 0.6 is 0 Å². The van der Waals surface area contributed by atoms with Crippen LogP contribution in [0.5, 0.6) is 11.5 Å². The van der Waals surface area contributed by atoms with E-state index in [9.17, 15) is 27.1 Å². The zero-order valence-electron chi connectivity index (χ0n) is 12.3. The largest absolute Gasteiger partial charge is 0.455 e. The summed E-state index contributed by atoms with van der Waals surface area (Å²) in [4.78, 5) is 3.23. The van der Waals surface area contributed by atoms with Crippen molar-refractivity contribution in [1.29, 1.82) is 5.26 Å². The number of alkyl halides is 4. The molecule has 0 aliphatic heterocycles. The molecule has 4 nitrogen and oxygen atoms in total. The molecule has 2 aromatic rings. The number of rotatable bonds is 2. The molecule has 0 amide bonds. The van der Waals surface area contributed by atoms with Gasteiger partial charge in [-0.25, -0.2) is 13.8 Å². The highest BCUT2D eigenvalue weighted by Crippen LogP contribution is 2.45. The van der Waals surface area contributed by atoms with Crippen molar-refractivity contribution in [2.45, 2.75) is 24.9 Å². The Labute approximate surface area is 138 Å².